The maximum Gasteiger partial charge on any atom is 0.253 e. The van der Waals surface area contributed by atoms with Gasteiger partial charge < -0.3 is 4.98 Å². The fourth-order valence-electron chi connectivity index (χ4n) is 1.54. The smallest absolute Gasteiger partial charge is 0.253 e. The van der Waals surface area contributed by atoms with E-state index in [1.54, 1.807) is 6.26 Å². The summed E-state index contributed by atoms with van der Waals surface area (Å²) in [6.07, 6.45) is 2.10. The van der Waals surface area contributed by atoms with Crippen molar-refractivity contribution in [1.82, 2.24) is 9.97 Å². The first kappa shape index (κ1) is 11.5. The number of alkyl halides is 1. The number of hydrogen-bond donors (Lipinski definition) is 1. The minimum atomic E-state index is -0.264. The van der Waals surface area contributed by atoms with Gasteiger partial charge in [0.2, 0.25) is 5.91 Å². The number of anilines is 1. The number of amides is 1. The van der Waals surface area contributed by atoms with Crippen LogP contribution in [0, 0.1) is 0 Å². The Balaban J connectivity index is 2.37. The van der Waals surface area contributed by atoms with E-state index in [4.69, 9.17) is 11.6 Å². The lowest BCUT2D eigenvalue weighted by molar-refractivity contribution is -0.117. The first-order chi connectivity index (χ1) is 7.60. The lowest BCUT2D eigenvalue weighted by atomic mass is 10.4. The van der Waals surface area contributed by atoms with Crippen LogP contribution in [0.4, 0.5) is 5.82 Å². The first-order valence-electron chi connectivity index (χ1n) is 4.70. The van der Waals surface area contributed by atoms with Crippen molar-refractivity contribution in [2.45, 2.75) is 17.0 Å². The molecule has 0 saturated carbocycles. The SMILES string of the molecule is CSc1nc(N2CC(Cl)CC2=O)cc(=O)[nH]1. The Kier molecular flexibility index (Phi) is 3.20. The van der Waals surface area contributed by atoms with Crippen LogP contribution < -0.4 is 10.5 Å². The van der Waals surface area contributed by atoms with Gasteiger partial charge in [-0.15, -0.1) is 11.6 Å². The van der Waals surface area contributed by atoms with Gasteiger partial charge in [0.15, 0.2) is 5.16 Å². The van der Waals surface area contributed by atoms with Crippen molar-refractivity contribution in [3.05, 3.63) is 16.4 Å². The molecule has 7 heteroatoms. The van der Waals surface area contributed by atoms with Crippen molar-refractivity contribution >= 4 is 35.1 Å². The highest BCUT2D eigenvalue weighted by atomic mass is 35.5. The molecule has 2 heterocycles. The highest BCUT2D eigenvalue weighted by molar-refractivity contribution is 7.98. The van der Waals surface area contributed by atoms with Crippen molar-refractivity contribution in [2.75, 3.05) is 17.7 Å². The van der Waals surface area contributed by atoms with Gasteiger partial charge >= 0.3 is 0 Å². The molecule has 1 aliphatic heterocycles. The molecule has 1 aromatic rings. The predicted molar refractivity (Wildman–Crippen MR) is 63.2 cm³/mol. The van der Waals surface area contributed by atoms with E-state index in [0.717, 1.165) is 0 Å². The second-order valence-electron chi connectivity index (χ2n) is 3.42. The maximum absolute atomic E-state index is 11.6. The third-order valence-corrected chi connectivity index (χ3v) is 3.13. The van der Waals surface area contributed by atoms with Crippen molar-refractivity contribution in [1.29, 1.82) is 0 Å². The van der Waals surface area contributed by atoms with Gasteiger partial charge in [0, 0.05) is 19.0 Å². The topological polar surface area (TPSA) is 66.1 Å². The van der Waals surface area contributed by atoms with E-state index in [0.29, 0.717) is 23.9 Å². The number of halogens is 1. The number of aromatic nitrogens is 2. The second kappa shape index (κ2) is 4.47. The van der Waals surface area contributed by atoms with Gasteiger partial charge in [0.25, 0.3) is 5.56 Å². The zero-order valence-electron chi connectivity index (χ0n) is 8.57. The Morgan fingerprint density at radius 3 is 2.94 bits per heavy atom. The van der Waals surface area contributed by atoms with Crippen LogP contribution in [0.15, 0.2) is 16.0 Å². The normalized spacial score (nSPS) is 20.5. The average Bonchev–Trinajstić information content (AvgIpc) is 2.57. The van der Waals surface area contributed by atoms with Crippen LogP contribution >= 0.6 is 23.4 Å². The fraction of sp³-hybridized carbons (Fsp3) is 0.444. The minimum Gasteiger partial charge on any atom is -0.301 e. The highest BCUT2D eigenvalue weighted by Gasteiger charge is 2.30. The Labute approximate surface area is 101 Å². The van der Waals surface area contributed by atoms with Crippen molar-refractivity contribution < 1.29 is 4.79 Å². The molecule has 86 valence electrons. The van der Waals surface area contributed by atoms with E-state index in [9.17, 15) is 9.59 Å². The monoisotopic (exact) mass is 259 g/mol. The van der Waals surface area contributed by atoms with E-state index in [2.05, 4.69) is 9.97 Å². The van der Waals surface area contributed by atoms with Crippen LogP contribution in [0.1, 0.15) is 6.42 Å². The number of thioether (sulfide) groups is 1. The van der Waals surface area contributed by atoms with E-state index in [1.165, 1.54) is 22.7 Å². The lowest BCUT2D eigenvalue weighted by Gasteiger charge is -2.14. The standard InChI is InChI=1S/C9H10ClN3O2S/c1-16-9-11-6(3-7(14)12-9)13-4-5(10)2-8(13)15/h3,5H,2,4H2,1H3,(H,11,12,14). The van der Waals surface area contributed by atoms with Gasteiger partial charge in [0.1, 0.15) is 5.82 Å². The molecule has 0 aliphatic carbocycles. The number of rotatable bonds is 2. The summed E-state index contributed by atoms with van der Waals surface area (Å²) < 4.78 is 0. The van der Waals surface area contributed by atoms with Gasteiger partial charge in [-0.05, 0) is 6.26 Å². The Bertz CT molecular complexity index is 476. The van der Waals surface area contributed by atoms with E-state index >= 15 is 0 Å². The predicted octanol–water partition coefficient (Wildman–Crippen LogP) is 0.836. The molecule has 0 aromatic carbocycles. The van der Waals surface area contributed by atoms with Gasteiger partial charge in [-0.3, -0.25) is 14.5 Å². The molecule has 1 unspecified atom stereocenters. The van der Waals surface area contributed by atoms with Gasteiger partial charge in [0.05, 0.1) is 5.38 Å². The number of carbonyl (C=O) groups is 1. The minimum absolute atomic E-state index is 0.0925. The second-order valence-corrected chi connectivity index (χ2v) is 4.83. The number of nitrogens with zero attached hydrogens (tertiary/aromatic N) is 2. The molecule has 5 nitrogen and oxygen atoms in total. The molecule has 0 bridgehead atoms. The van der Waals surface area contributed by atoms with Crippen LogP contribution in [0.5, 0.6) is 0 Å². The van der Waals surface area contributed by atoms with E-state index in [-0.39, 0.29) is 16.8 Å². The molecule has 1 atom stereocenters. The molecule has 1 amide bonds. The van der Waals surface area contributed by atoms with Crippen LogP contribution in [-0.4, -0.2) is 34.1 Å². The van der Waals surface area contributed by atoms with Crippen LogP contribution in [0.3, 0.4) is 0 Å². The van der Waals surface area contributed by atoms with Crippen LogP contribution in [0.25, 0.3) is 0 Å². The summed E-state index contributed by atoms with van der Waals surface area (Å²) in [6, 6.07) is 1.31. The van der Waals surface area contributed by atoms with Crippen molar-refractivity contribution in [2.24, 2.45) is 0 Å². The summed E-state index contributed by atoms with van der Waals surface area (Å²) in [5.41, 5.74) is -0.264. The molecule has 16 heavy (non-hydrogen) atoms. The molecule has 0 radical (unpaired) electrons. The third kappa shape index (κ3) is 2.22. The van der Waals surface area contributed by atoms with Crippen molar-refractivity contribution in [3.8, 4) is 0 Å². The summed E-state index contributed by atoms with van der Waals surface area (Å²) >= 11 is 7.20. The summed E-state index contributed by atoms with van der Waals surface area (Å²) in [6.45, 7) is 0.407. The maximum atomic E-state index is 11.6. The zero-order valence-corrected chi connectivity index (χ0v) is 10.1. The Hall–Kier alpha value is -1.01. The molecule has 0 spiro atoms. The summed E-state index contributed by atoms with van der Waals surface area (Å²) in [5.74, 6) is 0.284. The highest BCUT2D eigenvalue weighted by Crippen LogP contribution is 2.22. The molecule has 1 fully saturated rings. The number of carbonyl (C=O) groups excluding carboxylic acids is 1. The molecule has 1 aromatic heterocycles. The molecular formula is C9H10ClN3O2S. The number of nitrogens with one attached hydrogen (secondary N) is 1. The Morgan fingerprint density at radius 1 is 1.62 bits per heavy atom. The summed E-state index contributed by atoms with van der Waals surface area (Å²) in [5, 5.41) is 0.291. The van der Waals surface area contributed by atoms with Gasteiger partial charge in [-0.2, -0.15) is 0 Å². The van der Waals surface area contributed by atoms with Gasteiger partial charge in [-0.25, -0.2) is 4.98 Å². The molecule has 1 N–H and O–H groups in total. The average molecular weight is 260 g/mol. The first-order valence-corrected chi connectivity index (χ1v) is 6.36. The number of hydrogen-bond acceptors (Lipinski definition) is 4. The summed E-state index contributed by atoms with van der Waals surface area (Å²) in [4.78, 5) is 31.1. The number of aromatic amines is 1. The Morgan fingerprint density at radius 2 is 2.38 bits per heavy atom. The third-order valence-electron chi connectivity index (χ3n) is 2.25. The molecule has 1 aliphatic rings. The quantitative estimate of drug-likeness (QED) is 0.486. The largest absolute Gasteiger partial charge is 0.301 e. The summed E-state index contributed by atoms with van der Waals surface area (Å²) in [7, 11) is 0. The molecule has 1 saturated heterocycles. The number of H-pyrrole nitrogens is 1. The molecule has 2 rings (SSSR count). The van der Waals surface area contributed by atoms with Gasteiger partial charge in [-0.1, -0.05) is 11.8 Å². The molecular weight excluding hydrogens is 250 g/mol. The van der Waals surface area contributed by atoms with E-state index in [1.807, 2.05) is 0 Å². The van der Waals surface area contributed by atoms with Crippen molar-refractivity contribution in [3.63, 3.8) is 0 Å². The fourth-order valence-corrected chi connectivity index (χ4v) is 2.20. The van der Waals surface area contributed by atoms with E-state index < -0.39 is 0 Å². The van der Waals surface area contributed by atoms with Crippen LogP contribution in [0.2, 0.25) is 0 Å². The zero-order chi connectivity index (χ0) is 11.7. The van der Waals surface area contributed by atoms with Crippen LogP contribution in [-0.2, 0) is 4.79 Å². The lowest BCUT2D eigenvalue weighted by Crippen LogP contribution is -2.27.